The SMILES string of the molecule is CNC(=O)N(CC1=CC=CCC=C1)NC(=O)[C@@H](Cc1ccc2ccccc2c1)N(C)C(=O)/C=C/CC(C)(C)NC(=O)OC(C)(C)C. The number of carbonyl (C=O) groups excluding carboxylic acids is 4. The number of benzene rings is 2. The summed E-state index contributed by atoms with van der Waals surface area (Å²) in [5, 5.41) is 8.69. The second-order valence-electron chi connectivity index (χ2n) is 12.9. The highest BCUT2D eigenvalue weighted by Crippen LogP contribution is 2.19. The standard InChI is InChI=1S/C36H47N5O5/c1-35(2,3)46-34(45)38-36(4,5)22-14-19-31(42)40(7)30(24-27-20-21-28-17-12-13-18-29(28)23-27)32(43)39-41(33(44)37-6)25-26-15-10-8-9-11-16-26/h8,10-21,23,30H,9,22,24-25H2,1-7H3,(H,37,44)(H,38,45)(H,39,43)/b19-14+/t30-/m1/s1. The Labute approximate surface area is 272 Å². The number of hydrogen-bond donors (Lipinski definition) is 3. The van der Waals surface area contributed by atoms with Crippen molar-refractivity contribution in [1.82, 2.24) is 26.0 Å². The van der Waals surface area contributed by atoms with Crippen LogP contribution < -0.4 is 16.1 Å². The van der Waals surface area contributed by atoms with Crippen LogP contribution in [-0.4, -0.2) is 71.7 Å². The van der Waals surface area contributed by atoms with Gasteiger partial charge in [0.2, 0.25) is 5.91 Å². The summed E-state index contributed by atoms with van der Waals surface area (Å²) in [6, 6.07) is 12.4. The minimum Gasteiger partial charge on any atom is -0.444 e. The fourth-order valence-electron chi connectivity index (χ4n) is 4.77. The predicted molar refractivity (Wildman–Crippen MR) is 182 cm³/mol. The van der Waals surface area contributed by atoms with Crippen molar-refractivity contribution in [3.05, 3.63) is 96.1 Å². The van der Waals surface area contributed by atoms with Gasteiger partial charge in [-0.1, -0.05) is 78.9 Å². The topological polar surface area (TPSA) is 120 Å². The van der Waals surface area contributed by atoms with Crippen molar-refractivity contribution in [2.24, 2.45) is 0 Å². The third kappa shape index (κ3) is 11.3. The molecule has 246 valence electrons. The molecule has 3 rings (SSSR count). The Morgan fingerprint density at radius 2 is 1.72 bits per heavy atom. The van der Waals surface area contributed by atoms with Gasteiger partial charge in [0.1, 0.15) is 11.6 Å². The summed E-state index contributed by atoms with van der Waals surface area (Å²) in [7, 11) is 3.05. The molecule has 0 saturated carbocycles. The average Bonchev–Trinajstić information content (AvgIpc) is 3.25. The summed E-state index contributed by atoms with van der Waals surface area (Å²) < 4.78 is 5.35. The van der Waals surface area contributed by atoms with Crippen LogP contribution in [0.4, 0.5) is 9.59 Å². The quantitative estimate of drug-likeness (QED) is 0.234. The van der Waals surface area contributed by atoms with Gasteiger partial charge in [-0.2, -0.15) is 0 Å². The number of alkyl carbamates (subject to hydrolysis) is 1. The number of carbonyl (C=O) groups is 4. The van der Waals surface area contributed by atoms with Gasteiger partial charge in [0.15, 0.2) is 0 Å². The number of hydrogen-bond acceptors (Lipinski definition) is 5. The molecule has 1 aliphatic carbocycles. The number of rotatable bonds is 10. The summed E-state index contributed by atoms with van der Waals surface area (Å²) in [4.78, 5) is 53.8. The van der Waals surface area contributed by atoms with Crippen LogP contribution >= 0.6 is 0 Å². The minimum absolute atomic E-state index is 0.131. The zero-order chi connectivity index (χ0) is 33.9. The smallest absolute Gasteiger partial charge is 0.408 e. The molecule has 3 N–H and O–H groups in total. The first-order valence-electron chi connectivity index (χ1n) is 15.4. The maximum absolute atomic E-state index is 13.9. The maximum Gasteiger partial charge on any atom is 0.408 e. The average molecular weight is 630 g/mol. The van der Waals surface area contributed by atoms with E-state index < -0.39 is 41.1 Å². The molecule has 46 heavy (non-hydrogen) atoms. The van der Waals surface area contributed by atoms with Gasteiger partial charge < -0.3 is 20.3 Å². The molecule has 2 aromatic rings. The molecule has 0 radical (unpaired) electrons. The Balaban J connectivity index is 1.82. The molecule has 0 unspecified atom stereocenters. The molecule has 0 heterocycles. The summed E-state index contributed by atoms with van der Waals surface area (Å²) in [6.07, 6.45) is 13.5. The first-order chi connectivity index (χ1) is 21.7. The van der Waals surface area contributed by atoms with Crippen molar-refractivity contribution in [3.63, 3.8) is 0 Å². The molecular weight excluding hydrogens is 582 g/mol. The van der Waals surface area contributed by atoms with Gasteiger partial charge in [-0.15, -0.1) is 0 Å². The molecule has 1 aliphatic rings. The number of allylic oxidation sites excluding steroid dienone is 4. The second-order valence-corrected chi connectivity index (χ2v) is 12.9. The number of ether oxygens (including phenoxy) is 1. The number of amides is 5. The van der Waals surface area contributed by atoms with Crippen molar-refractivity contribution >= 4 is 34.7 Å². The molecule has 0 saturated heterocycles. The Morgan fingerprint density at radius 1 is 1.00 bits per heavy atom. The Morgan fingerprint density at radius 3 is 2.41 bits per heavy atom. The largest absolute Gasteiger partial charge is 0.444 e. The summed E-state index contributed by atoms with van der Waals surface area (Å²) in [5.74, 6) is -0.915. The van der Waals surface area contributed by atoms with Crippen LogP contribution in [0, 0.1) is 0 Å². The number of urea groups is 1. The fraction of sp³-hybridized carbons (Fsp3) is 0.389. The molecule has 1 atom stereocenters. The fourth-order valence-corrected chi connectivity index (χ4v) is 4.77. The molecule has 10 nitrogen and oxygen atoms in total. The molecule has 0 fully saturated rings. The van der Waals surface area contributed by atoms with Crippen molar-refractivity contribution < 1.29 is 23.9 Å². The van der Waals surface area contributed by atoms with Gasteiger partial charge in [-0.25, -0.2) is 14.6 Å². The van der Waals surface area contributed by atoms with Gasteiger partial charge in [-0.05, 0) is 75.4 Å². The van der Waals surface area contributed by atoms with Crippen molar-refractivity contribution in [3.8, 4) is 0 Å². The van der Waals surface area contributed by atoms with E-state index in [1.807, 2.05) is 86.7 Å². The van der Waals surface area contributed by atoms with E-state index in [0.717, 1.165) is 28.3 Å². The Bertz CT molecular complexity index is 1530. The van der Waals surface area contributed by atoms with E-state index in [4.69, 9.17) is 4.74 Å². The number of nitrogens with zero attached hydrogens (tertiary/aromatic N) is 2. The highest BCUT2D eigenvalue weighted by Gasteiger charge is 2.30. The number of nitrogens with one attached hydrogen (secondary N) is 3. The maximum atomic E-state index is 13.9. The lowest BCUT2D eigenvalue weighted by Gasteiger charge is -2.30. The zero-order valence-corrected chi connectivity index (χ0v) is 27.9. The lowest BCUT2D eigenvalue weighted by molar-refractivity contribution is -0.137. The van der Waals surface area contributed by atoms with Crippen molar-refractivity contribution in [1.29, 1.82) is 0 Å². The molecule has 5 amide bonds. The summed E-state index contributed by atoms with van der Waals surface area (Å²) >= 11 is 0. The molecule has 0 aromatic heterocycles. The van der Waals surface area contributed by atoms with E-state index in [-0.39, 0.29) is 13.0 Å². The third-order valence-corrected chi connectivity index (χ3v) is 7.18. The highest BCUT2D eigenvalue weighted by molar-refractivity contribution is 5.93. The lowest BCUT2D eigenvalue weighted by Crippen LogP contribution is -2.57. The molecule has 0 spiro atoms. The van der Waals surface area contributed by atoms with Gasteiger partial charge in [0.05, 0.1) is 6.54 Å². The van der Waals surface area contributed by atoms with E-state index in [9.17, 15) is 19.2 Å². The minimum atomic E-state index is -0.947. The van der Waals surface area contributed by atoms with Crippen LogP contribution in [0.15, 0.2) is 90.6 Å². The van der Waals surface area contributed by atoms with Crippen molar-refractivity contribution in [2.45, 2.75) is 71.1 Å². The van der Waals surface area contributed by atoms with Crippen LogP contribution in [0.3, 0.4) is 0 Å². The Hall–Kier alpha value is -4.86. The predicted octanol–water partition coefficient (Wildman–Crippen LogP) is 5.57. The molecule has 10 heteroatoms. The van der Waals surface area contributed by atoms with E-state index in [1.165, 1.54) is 23.0 Å². The van der Waals surface area contributed by atoms with Crippen LogP contribution in [0.2, 0.25) is 0 Å². The van der Waals surface area contributed by atoms with Gasteiger partial charge >= 0.3 is 12.1 Å². The second kappa shape index (κ2) is 15.9. The van der Waals surface area contributed by atoms with Gasteiger partial charge in [-0.3, -0.25) is 15.0 Å². The van der Waals surface area contributed by atoms with Crippen LogP contribution in [-0.2, 0) is 20.7 Å². The van der Waals surface area contributed by atoms with E-state index in [2.05, 4.69) is 16.1 Å². The van der Waals surface area contributed by atoms with Crippen LogP contribution in [0.5, 0.6) is 0 Å². The Kier molecular flexibility index (Phi) is 12.3. The van der Waals surface area contributed by atoms with Gasteiger partial charge in [0.25, 0.3) is 5.91 Å². The van der Waals surface area contributed by atoms with E-state index >= 15 is 0 Å². The molecule has 2 aromatic carbocycles. The first-order valence-corrected chi connectivity index (χ1v) is 15.4. The lowest BCUT2D eigenvalue weighted by atomic mass is 9.99. The number of likely N-dealkylation sites (N-methyl/N-ethyl adjacent to an activating group) is 1. The van der Waals surface area contributed by atoms with Crippen molar-refractivity contribution in [2.75, 3.05) is 20.6 Å². The van der Waals surface area contributed by atoms with Gasteiger partial charge in [0, 0.05) is 26.1 Å². The normalized spacial score (nSPS) is 13.8. The first kappa shape index (κ1) is 35.6. The number of hydrazine groups is 1. The number of fused-ring (bicyclic) bond motifs is 1. The molecule has 0 aliphatic heterocycles. The van der Waals surface area contributed by atoms with E-state index in [1.54, 1.807) is 33.9 Å². The van der Waals surface area contributed by atoms with Crippen LogP contribution in [0.1, 0.15) is 53.0 Å². The molecule has 0 bridgehead atoms. The van der Waals surface area contributed by atoms with E-state index in [0.29, 0.717) is 6.42 Å². The summed E-state index contributed by atoms with van der Waals surface area (Å²) in [5.41, 5.74) is 3.12. The molecular formula is C36H47N5O5. The highest BCUT2D eigenvalue weighted by atomic mass is 16.6. The zero-order valence-electron chi connectivity index (χ0n) is 27.9. The van der Waals surface area contributed by atoms with Crippen LogP contribution in [0.25, 0.3) is 10.8 Å². The monoisotopic (exact) mass is 629 g/mol. The summed E-state index contributed by atoms with van der Waals surface area (Å²) in [6.45, 7) is 9.15. The third-order valence-electron chi connectivity index (χ3n) is 7.18.